The van der Waals surface area contributed by atoms with Gasteiger partial charge < -0.3 is 5.32 Å². The van der Waals surface area contributed by atoms with E-state index in [0.29, 0.717) is 11.4 Å². The minimum atomic E-state index is 0.00805. The van der Waals surface area contributed by atoms with Crippen LogP contribution in [0.3, 0.4) is 0 Å². The summed E-state index contributed by atoms with van der Waals surface area (Å²) in [6.07, 6.45) is 0.915. The first-order valence-corrected chi connectivity index (χ1v) is 8.61. The molecule has 3 rings (SSSR count). The van der Waals surface area contributed by atoms with Gasteiger partial charge in [0.25, 0.3) is 0 Å². The quantitative estimate of drug-likeness (QED) is 0.729. The highest BCUT2D eigenvalue weighted by molar-refractivity contribution is 8.00. The van der Waals surface area contributed by atoms with Crippen molar-refractivity contribution in [3.63, 3.8) is 0 Å². The van der Waals surface area contributed by atoms with E-state index in [4.69, 9.17) is 0 Å². The van der Waals surface area contributed by atoms with Crippen LogP contribution in [0.25, 0.3) is 16.7 Å². The molecule has 0 spiro atoms. The van der Waals surface area contributed by atoms with Gasteiger partial charge in [0.1, 0.15) is 10.9 Å². The molecule has 0 bridgehead atoms. The number of carbonyl (C=O) groups is 1. The van der Waals surface area contributed by atoms with Gasteiger partial charge in [0, 0.05) is 6.04 Å². The molecule has 0 aliphatic carbocycles. The highest BCUT2D eigenvalue weighted by Crippen LogP contribution is 2.25. The van der Waals surface area contributed by atoms with Crippen molar-refractivity contribution in [2.24, 2.45) is 0 Å². The van der Waals surface area contributed by atoms with Crippen LogP contribution < -0.4 is 5.32 Å². The Morgan fingerprint density at radius 3 is 2.91 bits per heavy atom. The van der Waals surface area contributed by atoms with E-state index in [-0.39, 0.29) is 11.9 Å². The fourth-order valence-electron chi connectivity index (χ4n) is 2.35. The molecule has 1 N–H and O–H groups in total. The Morgan fingerprint density at radius 2 is 2.13 bits per heavy atom. The Labute approximate surface area is 138 Å². The molecule has 0 fully saturated rings. The number of fused-ring (bicyclic) bond motifs is 3. The smallest absolute Gasteiger partial charge is 0.230 e. The van der Waals surface area contributed by atoms with E-state index >= 15 is 0 Å². The summed E-state index contributed by atoms with van der Waals surface area (Å²) in [7, 11) is 0. The normalized spacial score (nSPS) is 12.7. The van der Waals surface area contributed by atoms with Crippen molar-refractivity contribution >= 4 is 34.3 Å². The molecule has 3 aromatic rings. The second kappa shape index (κ2) is 6.54. The molecule has 0 saturated carbocycles. The van der Waals surface area contributed by atoms with Crippen molar-refractivity contribution in [3.8, 4) is 0 Å². The number of para-hydroxylation sites is 2. The van der Waals surface area contributed by atoms with Crippen LogP contribution in [0.1, 0.15) is 26.1 Å². The lowest BCUT2D eigenvalue weighted by atomic mass is 10.3. The summed E-state index contributed by atoms with van der Waals surface area (Å²) in [5, 5.41) is 12.1. The number of nitrogens with zero attached hydrogens (tertiary/aromatic N) is 4. The average Bonchev–Trinajstić information content (AvgIpc) is 2.95. The van der Waals surface area contributed by atoms with Crippen LogP contribution in [-0.4, -0.2) is 37.3 Å². The number of aryl methyl sites for hydroxylation is 1. The average molecular weight is 329 g/mol. The molecule has 1 atom stereocenters. The summed E-state index contributed by atoms with van der Waals surface area (Å²) in [5.41, 5.74) is 2.54. The molecule has 0 aliphatic heterocycles. The summed E-state index contributed by atoms with van der Waals surface area (Å²) in [6.45, 7) is 5.96. The SMILES string of the molecule is CC[C@H](C)NC(=O)CSc1nc2ccccc2n2c(C)nnc12. The Balaban J connectivity index is 1.92. The van der Waals surface area contributed by atoms with Crippen molar-refractivity contribution < 1.29 is 4.79 Å². The number of hydrogen-bond donors (Lipinski definition) is 1. The lowest BCUT2D eigenvalue weighted by Gasteiger charge is -2.11. The summed E-state index contributed by atoms with van der Waals surface area (Å²) < 4.78 is 1.98. The van der Waals surface area contributed by atoms with E-state index in [1.165, 1.54) is 11.8 Å². The van der Waals surface area contributed by atoms with Gasteiger partial charge in [-0.05, 0) is 32.4 Å². The summed E-state index contributed by atoms with van der Waals surface area (Å²) >= 11 is 1.39. The highest BCUT2D eigenvalue weighted by atomic mass is 32.2. The molecule has 6 nitrogen and oxygen atoms in total. The van der Waals surface area contributed by atoms with Gasteiger partial charge in [-0.2, -0.15) is 0 Å². The van der Waals surface area contributed by atoms with Crippen molar-refractivity contribution in [2.45, 2.75) is 38.3 Å². The molecule has 0 saturated heterocycles. The van der Waals surface area contributed by atoms with Crippen LogP contribution in [0.15, 0.2) is 29.3 Å². The summed E-state index contributed by atoms with van der Waals surface area (Å²) in [4.78, 5) is 16.6. The summed E-state index contributed by atoms with van der Waals surface area (Å²) in [6, 6.07) is 8.05. The van der Waals surface area contributed by atoms with Crippen molar-refractivity contribution in [3.05, 3.63) is 30.1 Å². The zero-order chi connectivity index (χ0) is 16.4. The van der Waals surface area contributed by atoms with Gasteiger partial charge in [-0.3, -0.25) is 9.20 Å². The van der Waals surface area contributed by atoms with Gasteiger partial charge in [-0.1, -0.05) is 30.8 Å². The maximum atomic E-state index is 12.0. The first-order valence-electron chi connectivity index (χ1n) is 7.62. The zero-order valence-corrected chi connectivity index (χ0v) is 14.2. The molecule has 7 heteroatoms. The minimum absolute atomic E-state index is 0.00805. The van der Waals surface area contributed by atoms with E-state index in [2.05, 4.69) is 20.5 Å². The molecule has 1 aromatic carbocycles. The Hall–Kier alpha value is -2.15. The van der Waals surface area contributed by atoms with Gasteiger partial charge in [0.05, 0.1) is 16.8 Å². The number of benzene rings is 1. The van der Waals surface area contributed by atoms with E-state index in [1.807, 2.05) is 49.4 Å². The number of amides is 1. The third kappa shape index (κ3) is 3.14. The third-order valence-electron chi connectivity index (χ3n) is 3.72. The highest BCUT2D eigenvalue weighted by Gasteiger charge is 2.15. The molecule has 0 unspecified atom stereocenters. The van der Waals surface area contributed by atoms with Crippen molar-refractivity contribution in [1.29, 1.82) is 0 Å². The maximum Gasteiger partial charge on any atom is 0.230 e. The van der Waals surface area contributed by atoms with E-state index < -0.39 is 0 Å². The number of carbonyl (C=O) groups excluding carboxylic acids is 1. The molecule has 2 heterocycles. The standard InChI is InChI=1S/C16H19N5OS/c1-4-10(2)17-14(22)9-23-16-15-20-19-11(3)21(15)13-8-6-5-7-12(13)18-16/h5-8,10H,4,9H2,1-3H3,(H,17,22)/t10-/m0/s1. The Morgan fingerprint density at radius 1 is 1.35 bits per heavy atom. The molecule has 0 radical (unpaired) electrons. The third-order valence-corrected chi connectivity index (χ3v) is 4.67. The van der Waals surface area contributed by atoms with E-state index in [0.717, 1.165) is 28.3 Å². The fourth-order valence-corrected chi connectivity index (χ4v) is 3.12. The van der Waals surface area contributed by atoms with Gasteiger partial charge in [0.2, 0.25) is 5.91 Å². The van der Waals surface area contributed by atoms with Crippen LogP contribution >= 0.6 is 11.8 Å². The molecule has 1 amide bonds. The van der Waals surface area contributed by atoms with Gasteiger partial charge in [0.15, 0.2) is 5.65 Å². The number of hydrogen-bond acceptors (Lipinski definition) is 5. The number of nitrogens with one attached hydrogen (secondary N) is 1. The lowest BCUT2D eigenvalue weighted by molar-refractivity contribution is -0.119. The second-order valence-corrected chi connectivity index (χ2v) is 6.44. The van der Waals surface area contributed by atoms with Crippen molar-refractivity contribution in [2.75, 3.05) is 5.75 Å². The lowest BCUT2D eigenvalue weighted by Crippen LogP contribution is -2.33. The number of rotatable bonds is 5. The second-order valence-electron chi connectivity index (χ2n) is 5.48. The first-order chi connectivity index (χ1) is 11.1. The fraction of sp³-hybridized carbons (Fsp3) is 0.375. The van der Waals surface area contributed by atoms with Gasteiger partial charge >= 0.3 is 0 Å². The Bertz CT molecular complexity index is 860. The predicted octanol–water partition coefficient (Wildman–Crippen LogP) is 2.59. The Kier molecular flexibility index (Phi) is 4.47. The van der Waals surface area contributed by atoms with Crippen LogP contribution in [0.2, 0.25) is 0 Å². The first kappa shape index (κ1) is 15.7. The minimum Gasteiger partial charge on any atom is -0.353 e. The van der Waals surface area contributed by atoms with Crippen LogP contribution in [-0.2, 0) is 4.79 Å². The van der Waals surface area contributed by atoms with Gasteiger partial charge in [-0.15, -0.1) is 10.2 Å². The molecular weight excluding hydrogens is 310 g/mol. The molecule has 2 aromatic heterocycles. The predicted molar refractivity (Wildman–Crippen MR) is 91.6 cm³/mol. The largest absolute Gasteiger partial charge is 0.353 e. The monoisotopic (exact) mass is 329 g/mol. The topological polar surface area (TPSA) is 72.2 Å². The van der Waals surface area contributed by atoms with Crippen LogP contribution in [0.5, 0.6) is 0 Å². The van der Waals surface area contributed by atoms with Gasteiger partial charge in [-0.25, -0.2) is 4.98 Å². The zero-order valence-electron chi connectivity index (χ0n) is 13.4. The summed E-state index contributed by atoms with van der Waals surface area (Å²) in [5.74, 6) is 1.13. The maximum absolute atomic E-state index is 12.0. The number of thioether (sulfide) groups is 1. The molecule has 0 aliphatic rings. The number of aromatic nitrogens is 4. The molecule has 120 valence electrons. The van der Waals surface area contributed by atoms with E-state index in [9.17, 15) is 4.79 Å². The molecular formula is C16H19N5OS. The van der Waals surface area contributed by atoms with Crippen LogP contribution in [0, 0.1) is 6.92 Å². The van der Waals surface area contributed by atoms with Crippen molar-refractivity contribution in [1.82, 2.24) is 24.9 Å². The molecule has 23 heavy (non-hydrogen) atoms. The van der Waals surface area contributed by atoms with Crippen LogP contribution in [0.4, 0.5) is 0 Å². The van der Waals surface area contributed by atoms with E-state index in [1.54, 1.807) is 0 Å².